The van der Waals surface area contributed by atoms with Crippen LogP contribution in [0.5, 0.6) is 0 Å². The lowest BCUT2D eigenvalue weighted by Crippen LogP contribution is -2.43. The summed E-state index contributed by atoms with van der Waals surface area (Å²) in [6, 6.07) is 6.95. The number of para-hydroxylation sites is 1. The molecule has 0 spiro atoms. The third-order valence-corrected chi connectivity index (χ3v) is 5.69. The summed E-state index contributed by atoms with van der Waals surface area (Å²) in [5.41, 5.74) is 1.10. The molecular formula is C20H22F3N5O2. The zero-order valence-corrected chi connectivity index (χ0v) is 16.0. The van der Waals surface area contributed by atoms with Gasteiger partial charge in [-0.25, -0.2) is 0 Å². The van der Waals surface area contributed by atoms with E-state index in [1.807, 2.05) is 29.2 Å². The first-order valence-corrected chi connectivity index (χ1v) is 9.75. The Hall–Kier alpha value is -3.01. The van der Waals surface area contributed by atoms with Crippen molar-refractivity contribution in [2.24, 2.45) is 0 Å². The highest BCUT2D eigenvalue weighted by Crippen LogP contribution is 2.36. The Labute approximate surface area is 171 Å². The Morgan fingerprint density at radius 1 is 1.23 bits per heavy atom. The fraction of sp³-hybridized carbons (Fsp3) is 0.400. The number of ether oxygens (including phenoxy) is 1. The van der Waals surface area contributed by atoms with Crippen molar-refractivity contribution in [2.45, 2.75) is 25.3 Å². The van der Waals surface area contributed by atoms with Gasteiger partial charge in [-0.05, 0) is 11.6 Å². The average Bonchev–Trinajstić information content (AvgIpc) is 3.31. The molecule has 2 aliphatic rings. The number of nitrogens with one attached hydrogen (secondary N) is 1. The molecule has 0 unspecified atom stereocenters. The number of aromatic amines is 1. The largest absolute Gasteiger partial charge is 0.410 e. The van der Waals surface area contributed by atoms with E-state index in [4.69, 9.17) is 4.74 Å². The van der Waals surface area contributed by atoms with Crippen molar-refractivity contribution >= 4 is 22.7 Å². The van der Waals surface area contributed by atoms with Crippen LogP contribution in [0.2, 0.25) is 0 Å². The van der Waals surface area contributed by atoms with E-state index in [9.17, 15) is 18.0 Å². The molecule has 2 aromatic heterocycles. The number of morpholine rings is 1. The average molecular weight is 421 g/mol. The van der Waals surface area contributed by atoms with E-state index in [-0.39, 0.29) is 13.9 Å². The molecule has 0 saturated carbocycles. The molecule has 3 aromatic rings. The Bertz CT molecular complexity index is 1140. The Balaban J connectivity index is 0.00000231. The maximum atomic E-state index is 13.9. The molecule has 1 saturated heterocycles. The maximum absolute atomic E-state index is 13.9. The van der Waals surface area contributed by atoms with Crippen molar-refractivity contribution in [3.8, 4) is 0 Å². The Kier molecular flexibility index (Phi) is 4.46. The highest BCUT2D eigenvalue weighted by Gasteiger charge is 2.49. The molecule has 1 aromatic carbocycles. The van der Waals surface area contributed by atoms with Crippen LogP contribution in [0.1, 0.15) is 6.99 Å². The summed E-state index contributed by atoms with van der Waals surface area (Å²) in [6.45, 7) is 1.60. The fourth-order valence-corrected chi connectivity index (χ4v) is 4.15. The summed E-state index contributed by atoms with van der Waals surface area (Å²) >= 11 is 0. The van der Waals surface area contributed by atoms with E-state index in [0.717, 1.165) is 21.0 Å². The van der Waals surface area contributed by atoms with Gasteiger partial charge in [0.05, 0.1) is 19.8 Å². The Morgan fingerprint density at radius 2 is 2.00 bits per heavy atom. The van der Waals surface area contributed by atoms with Gasteiger partial charge in [-0.2, -0.15) is 18.2 Å². The monoisotopic (exact) mass is 421 g/mol. The standard InChI is InChI=1S/C20H20F3N5O2.H2/c21-20(22,23)16-12-28-18(29)9-17(26-5-7-30-8-6-26)25-19(28)27(16)11-13-10-24-15-4-2-1-3-14(13)15;/h1-4,9-10,16,24H,5-8,11-12H2;1H/t16-;/m0./s1. The zero-order chi connectivity index (χ0) is 20.9. The summed E-state index contributed by atoms with van der Waals surface area (Å²) in [6.07, 6.45) is -2.78. The molecule has 2 aliphatic heterocycles. The lowest BCUT2D eigenvalue weighted by Gasteiger charge is -2.29. The van der Waals surface area contributed by atoms with Crippen LogP contribution in [0.4, 0.5) is 24.9 Å². The smallest absolute Gasteiger partial charge is 0.378 e. The molecule has 1 atom stereocenters. The van der Waals surface area contributed by atoms with Crippen LogP contribution in [0.3, 0.4) is 0 Å². The van der Waals surface area contributed by atoms with E-state index >= 15 is 0 Å². The van der Waals surface area contributed by atoms with Crippen LogP contribution in [0.25, 0.3) is 10.9 Å². The summed E-state index contributed by atoms with van der Waals surface area (Å²) < 4.78 is 48.1. The molecule has 5 rings (SSSR count). The van der Waals surface area contributed by atoms with E-state index in [2.05, 4.69) is 9.97 Å². The van der Waals surface area contributed by atoms with Crippen molar-refractivity contribution < 1.29 is 19.3 Å². The van der Waals surface area contributed by atoms with Crippen LogP contribution < -0.4 is 15.4 Å². The second kappa shape index (κ2) is 7.05. The number of nitrogens with zero attached hydrogens (tertiary/aromatic N) is 4. The van der Waals surface area contributed by atoms with E-state index < -0.39 is 24.3 Å². The summed E-state index contributed by atoms with van der Waals surface area (Å²) in [5.74, 6) is 0.442. The second-order valence-electron chi connectivity index (χ2n) is 7.51. The van der Waals surface area contributed by atoms with Gasteiger partial charge in [-0.1, -0.05) is 18.2 Å². The first-order chi connectivity index (χ1) is 14.4. The van der Waals surface area contributed by atoms with E-state index in [1.165, 1.54) is 11.0 Å². The fourth-order valence-electron chi connectivity index (χ4n) is 4.15. The van der Waals surface area contributed by atoms with Crippen molar-refractivity contribution in [2.75, 3.05) is 36.1 Å². The molecule has 30 heavy (non-hydrogen) atoms. The van der Waals surface area contributed by atoms with E-state index in [0.29, 0.717) is 32.1 Å². The van der Waals surface area contributed by atoms with Gasteiger partial charge in [-0.3, -0.25) is 9.36 Å². The van der Waals surface area contributed by atoms with Crippen molar-refractivity contribution in [1.82, 2.24) is 14.5 Å². The van der Waals surface area contributed by atoms with Crippen LogP contribution >= 0.6 is 0 Å². The second-order valence-corrected chi connectivity index (χ2v) is 7.51. The van der Waals surface area contributed by atoms with Crippen LogP contribution in [0.15, 0.2) is 41.3 Å². The predicted octanol–water partition coefficient (Wildman–Crippen LogP) is 2.76. The molecule has 7 nitrogen and oxygen atoms in total. The van der Waals surface area contributed by atoms with Crippen LogP contribution in [-0.4, -0.2) is 53.1 Å². The first kappa shape index (κ1) is 19.0. The molecule has 1 N–H and O–H groups in total. The number of aromatic nitrogens is 3. The first-order valence-electron chi connectivity index (χ1n) is 9.75. The summed E-state index contributed by atoms with van der Waals surface area (Å²) in [7, 11) is 0. The minimum atomic E-state index is -4.49. The molecule has 1 fully saturated rings. The quantitative estimate of drug-likeness (QED) is 0.705. The molecule has 0 bridgehead atoms. The zero-order valence-electron chi connectivity index (χ0n) is 16.0. The number of hydrogen-bond donors (Lipinski definition) is 1. The number of alkyl halides is 3. The van der Waals surface area contributed by atoms with Gasteiger partial charge in [-0.15, -0.1) is 0 Å². The lowest BCUT2D eigenvalue weighted by atomic mass is 10.1. The SMILES string of the molecule is O=c1cc(N2CCOCC2)nc2n1C[C@@H](C(F)(F)F)N2Cc1c[nH]c2ccccc12.[HH]. The molecule has 0 amide bonds. The topological polar surface area (TPSA) is 66.4 Å². The van der Waals surface area contributed by atoms with Gasteiger partial charge in [0.1, 0.15) is 11.9 Å². The normalized spacial score (nSPS) is 19.5. The van der Waals surface area contributed by atoms with Gasteiger partial charge in [0.25, 0.3) is 5.56 Å². The van der Waals surface area contributed by atoms with Crippen molar-refractivity contribution in [3.05, 3.63) is 52.4 Å². The molecule has 0 radical (unpaired) electrons. The number of hydrogen-bond acceptors (Lipinski definition) is 5. The number of rotatable bonds is 3. The minimum absolute atomic E-state index is 0. The minimum Gasteiger partial charge on any atom is -0.378 e. The van der Waals surface area contributed by atoms with Gasteiger partial charge < -0.3 is 19.5 Å². The number of fused-ring (bicyclic) bond motifs is 2. The highest BCUT2D eigenvalue weighted by atomic mass is 19.4. The number of benzene rings is 1. The summed E-state index contributed by atoms with van der Waals surface area (Å²) in [4.78, 5) is 23.3. The number of H-pyrrole nitrogens is 1. The molecule has 0 aliphatic carbocycles. The van der Waals surface area contributed by atoms with Gasteiger partial charge >= 0.3 is 6.18 Å². The van der Waals surface area contributed by atoms with Gasteiger partial charge in [0.15, 0.2) is 0 Å². The third-order valence-electron chi connectivity index (χ3n) is 5.69. The Morgan fingerprint density at radius 3 is 2.77 bits per heavy atom. The molecular weight excluding hydrogens is 399 g/mol. The van der Waals surface area contributed by atoms with E-state index in [1.54, 1.807) is 6.20 Å². The van der Waals surface area contributed by atoms with Gasteiger partial charge in [0, 0.05) is 44.2 Å². The number of anilines is 2. The number of halogens is 3. The summed E-state index contributed by atoms with van der Waals surface area (Å²) in [5, 5.41) is 0.851. The third kappa shape index (κ3) is 3.20. The van der Waals surface area contributed by atoms with Crippen molar-refractivity contribution in [1.29, 1.82) is 0 Å². The molecule has 160 valence electrons. The van der Waals surface area contributed by atoms with Crippen molar-refractivity contribution in [3.63, 3.8) is 0 Å². The van der Waals surface area contributed by atoms with Gasteiger partial charge in [0.2, 0.25) is 5.95 Å². The predicted molar refractivity (Wildman–Crippen MR) is 108 cm³/mol. The highest BCUT2D eigenvalue weighted by molar-refractivity contribution is 5.83. The lowest BCUT2D eigenvalue weighted by molar-refractivity contribution is -0.149. The molecule has 10 heteroatoms. The van der Waals surface area contributed by atoms with Crippen LogP contribution in [0, 0.1) is 0 Å². The maximum Gasteiger partial charge on any atom is 0.410 e. The molecule has 4 heterocycles. The van der Waals surface area contributed by atoms with Crippen LogP contribution in [-0.2, 0) is 17.8 Å².